The van der Waals surface area contributed by atoms with Gasteiger partial charge in [0.1, 0.15) is 5.52 Å². The Labute approximate surface area is 191 Å². The molecule has 1 amide bonds. The quantitative estimate of drug-likeness (QED) is 0.442. The second-order valence-electron chi connectivity index (χ2n) is 7.91. The van der Waals surface area contributed by atoms with Crippen LogP contribution in [0.4, 0.5) is 5.13 Å². The molecule has 1 aromatic carbocycles. The van der Waals surface area contributed by atoms with Gasteiger partial charge in [-0.05, 0) is 31.2 Å². The van der Waals surface area contributed by atoms with Crippen molar-refractivity contribution in [3.63, 3.8) is 0 Å². The Morgan fingerprint density at radius 3 is 2.73 bits per heavy atom. The van der Waals surface area contributed by atoms with Gasteiger partial charge in [0.2, 0.25) is 5.95 Å². The predicted molar refractivity (Wildman–Crippen MR) is 125 cm³/mol. The van der Waals surface area contributed by atoms with Gasteiger partial charge in [-0.3, -0.25) is 14.6 Å². The van der Waals surface area contributed by atoms with E-state index in [0.29, 0.717) is 29.9 Å². The van der Waals surface area contributed by atoms with Crippen molar-refractivity contribution < 1.29 is 4.79 Å². The van der Waals surface area contributed by atoms with Gasteiger partial charge in [0.05, 0.1) is 27.7 Å². The van der Waals surface area contributed by atoms with E-state index in [1.54, 1.807) is 36.6 Å². The van der Waals surface area contributed by atoms with E-state index in [9.17, 15) is 9.59 Å². The Balaban J connectivity index is 1.20. The number of carbonyl (C=O) groups is 1. The zero-order valence-corrected chi connectivity index (χ0v) is 18.6. The van der Waals surface area contributed by atoms with Crippen LogP contribution in [0.3, 0.4) is 0 Å². The fraction of sp³-hybridized carbons (Fsp3) is 0.227. The highest BCUT2D eigenvalue weighted by molar-refractivity contribution is 7.22. The van der Waals surface area contributed by atoms with Crippen LogP contribution in [0.5, 0.6) is 0 Å². The summed E-state index contributed by atoms with van der Waals surface area (Å²) in [6.45, 7) is 4.45. The maximum absolute atomic E-state index is 13.2. The third kappa shape index (κ3) is 3.28. The number of benzene rings is 1. The summed E-state index contributed by atoms with van der Waals surface area (Å²) < 4.78 is 4.16. The number of nitrogens with zero attached hydrogens (tertiary/aromatic N) is 7. The number of hydrogen-bond donors (Lipinski definition) is 1. The molecule has 1 saturated heterocycles. The fourth-order valence-electron chi connectivity index (χ4n) is 4.13. The Morgan fingerprint density at radius 1 is 1.09 bits per heavy atom. The first-order valence-corrected chi connectivity index (χ1v) is 11.4. The maximum atomic E-state index is 13.2. The second-order valence-corrected chi connectivity index (χ2v) is 8.92. The van der Waals surface area contributed by atoms with Gasteiger partial charge in [-0.15, -0.1) is 5.10 Å². The van der Waals surface area contributed by atoms with Gasteiger partial charge in [-0.25, -0.2) is 14.2 Å². The molecule has 11 heteroatoms. The number of H-pyrrole nitrogens is 1. The van der Waals surface area contributed by atoms with Crippen molar-refractivity contribution in [2.45, 2.75) is 6.92 Å². The molecule has 5 aromatic rings. The lowest BCUT2D eigenvalue weighted by atomic mass is 10.2. The third-order valence-corrected chi connectivity index (χ3v) is 7.05. The number of anilines is 1. The summed E-state index contributed by atoms with van der Waals surface area (Å²) in [6.07, 6.45) is 3.24. The molecule has 1 aliphatic heterocycles. The van der Waals surface area contributed by atoms with Gasteiger partial charge in [0, 0.05) is 32.4 Å². The molecule has 0 aliphatic carbocycles. The van der Waals surface area contributed by atoms with Crippen LogP contribution < -0.4 is 10.5 Å². The van der Waals surface area contributed by atoms with Gasteiger partial charge < -0.3 is 9.80 Å². The number of fused-ring (bicyclic) bond motifs is 2. The molecule has 166 valence electrons. The van der Waals surface area contributed by atoms with Crippen LogP contribution in [0.1, 0.15) is 16.1 Å². The van der Waals surface area contributed by atoms with Crippen molar-refractivity contribution in [1.29, 1.82) is 0 Å². The number of nitrogens with one attached hydrogen (secondary N) is 1. The van der Waals surface area contributed by atoms with E-state index in [-0.39, 0.29) is 17.4 Å². The smallest absolute Gasteiger partial charge is 0.276 e. The monoisotopic (exact) mass is 460 g/mol. The van der Waals surface area contributed by atoms with Crippen molar-refractivity contribution >= 4 is 38.1 Å². The Hall–Kier alpha value is -3.99. The van der Waals surface area contributed by atoms with E-state index in [1.807, 2.05) is 23.1 Å². The van der Waals surface area contributed by atoms with Crippen LogP contribution in [-0.4, -0.2) is 66.3 Å². The van der Waals surface area contributed by atoms with Gasteiger partial charge >= 0.3 is 0 Å². The number of piperazine rings is 1. The van der Waals surface area contributed by atoms with Crippen LogP contribution in [0.25, 0.3) is 21.7 Å². The summed E-state index contributed by atoms with van der Waals surface area (Å²) in [5, 5.41) is 9.71. The normalized spacial score (nSPS) is 14.5. The number of carbonyl (C=O) groups excluding carboxylic acids is 1. The Morgan fingerprint density at radius 2 is 1.91 bits per heavy atom. The number of para-hydroxylation sites is 1. The van der Waals surface area contributed by atoms with E-state index in [2.05, 4.69) is 26.1 Å². The molecule has 1 aliphatic rings. The van der Waals surface area contributed by atoms with Crippen LogP contribution >= 0.6 is 11.3 Å². The van der Waals surface area contributed by atoms with Crippen molar-refractivity contribution in [3.05, 3.63) is 70.4 Å². The first kappa shape index (κ1) is 19.7. The molecule has 0 unspecified atom stereocenters. The fourth-order valence-corrected chi connectivity index (χ4v) is 5.14. The molecule has 6 rings (SSSR count). The third-order valence-electron chi connectivity index (χ3n) is 5.95. The molecule has 1 N–H and O–H groups in total. The number of amides is 1. The average molecular weight is 461 g/mol. The van der Waals surface area contributed by atoms with Crippen molar-refractivity contribution in [2.24, 2.45) is 0 Å². The number of thiazole rings is 1. The summed E-state index contributed by atoms with van der Waals surface area (Å²) in [5.41, 5.74) is 2.32. The Bertz CT molecular complexity index is 1520. The van der Waals surface area contributed by atoms with Gasteiger partial charge in [0.25, 0.3) is 11.5 Å². The van der Waals surface area contributed by atoms with Crippen molar-refractivity contribution in [3.8, 4) is 5.95 Å². The molecule has 0 radical (unpaired) electrons. The summed E-state index contributed by atoms with van der Waals surface area (Å²) >= 11 is 1.68. The summed E-state index contributed by atoms with van der Waals surface area (Å²) in [4.78, 5) is 37.1. The largest absolute Gasteiger partial charge is 0.345 e. The summed E-state index contributed by atoms with van der Waals surface area (Å²) in [6, 6.07) is 11.5. The lowest BCUT2D eigenvalue weighted by Gasteiger charge is -2.34. The molecule has 0 atom stereocenters. The van der Waals surface area contributed by atoms with E-state index in [0.717, 1.165) is 23.7 Å². The average Bonchev–Trinajstić information content (AvgIpc) is 3.56. The minimum absolute atomic E-state index is 0.0768. The first-order chi connectivity index (χ1) is 16.1. The van der Waals surface area contributed by atoms with E-state index in [1.165, 1.54) is 20.1 Å². The maximum Gasteiger partial charge on any atom is 0.276 e. The standard InChI is InChI=1S/C22H20N8O2S/c1-14-15(13-23-30(14)21-25-19(31)17-6-4-8-29(17)26-21)20(32)27-9-11-28(12-10-27)22-24-16-5-2-3-7-18(16)33-22/h2-8,13H,9-12H2,1H3,(H,25,26,31). The topological polar surface area (TPSA) is 104 Å². The molecule has 1 fully saturated rings. The molecular formula is C22H20N8O2S. The molecule has 0 saturated carbocycles. The molecule has 33 heavy (non-hydrogen) atoms. The van der Waals surface area contributed by atoms with Crippen molar-refractivity contribution in [1.82, 2.24) is 34.3 Å². The number of aromatic amines is 1. The molecule has 4 aromatic heterocycles. The number of rotatable bonds is 3. The highest BCUT2D eigenvalue weighted by Crippen LogP contribution is 2.29. The van der Waals surface area contributed by atoms with Crippen molar-refractivity contribution in [2.75, 3.05) is 31.1 Å². The van der Waals surface area contributed by atoms with Crippen LogP contribution in [0, 0.1) is 6.92 Å². The van der Waals surface area contributed by atoms with E-state index in [4.69, 9.17) is 4.98 Å². The van der Waals surface area contributed by atoms with Crippen LogP contribution in [0.2, 0.25) is 0 Å². The highest BCUT2D eigenvalue weighted by atomic mass is 32.1. The van der Waals surface area contributed by atoms with Crippen LogP contribution in [0.15, 0.2) is 53.6 Å². The van der Waals surface area contributed by atoms with Gasteiger partial charge in [-0.1, -0.05) is 23.5 Å². The van der Waals surface area contributed by atoms with E-state index < -0.39 is 0 Å². The zero-order valence-electron chi connectivity index (χ0n) is 17.8. The highest BCUT2D eigenvalue weighted by Gasteiger charge is 2.26. The lowest BCUT2D eigenvalue weighted by Crippen LogP contribution is -2.48. The molecule has 10 nitrogen and oxygen atoms in total. The molecule has 5 heterocycles. The Kier molecular flexibility index (Phi) is 4.50. The number of hydrogen-bond acceptors (Lipinski definition) is 7. The van der Waals surface area contributed by atoms with Gasteiger partial charge in [0.15, 0.2) is 5.13 Å². The second kappa shape index (κ2) is 7.55. The summed E-state index contributed by atoms with van der Waals surface area (Å²) in [5.74, 6) is 0.188. The van der Waals surface area contributed by atoms with E-state index >= 15 is 0 Å². The van der Waals surface area contributed by atoms with Crippen LogP contribution in [-0.2, 0) is 0 Å². The molecular weight excluding hydrogens is 440 g/mol. The first-order valence-electron chi connectivity index (χ1n) is 10.6. The minimum Gasteiger partial charge on any atom is -0.345 e. The minimum atomic E-state index is -0.265. The van der Waals surface area contributed by atoms with Gasteiger partial charge in [-0.2, -0.15) is 5.10 Å². The molecule has 0 bridgehead atoms. The lowest BCUT2D eigenvalue weighted by molar-refractivity contribution is 0.0746. The SMILES string of the molecule is Cc1c(C(=O)N2CCN(c3nc4ccccc4s3)CC2)cnn1-c1nn2cccc2c(=O)[nH]1. The molecule has 0 spiro atoms. The number of aromatic nitrogens is 6. The zero-order chi connectivity index (χ0) is 22.5. The summed E-state index contributed by atoms with van der Waals surface area (Å²) in [7, 11) is 0. The predicted octanol–water partition coefficient (Wildman–Crippen LogP) is 2.09.